The summed E-state index contributed by atoms with van der Waals surface area (Å²) >= 11 is 0. The first-order valence-corrected chi connectivity index (χ1v) is 5.20. The zero-order valence-corrected chi connectivity index (χ0v) is 9.60. The molecule has 0 bridgehead atoms. The van der Waals surface area contributed by atoms with E-state index in [2.05, 4.69) is 5.92 Å². The SMILES string of the molecule is C#CCN(CC(=O)O)C(=O)Cc1ccc(F)cc1. The Bertz CT molecular complexity index is 476. The van der Waals surface area contributed by atoms with E-state index in [1.807, 2.05) is 0 Å². The quantitative estimate of drug-likeness (QED) is 0.789. The van der Waals surface area contributed by atoms with Crippen molar-refractivity contribution in [3.05, 3.63) is 35.6 Å². The van der Waals surface area contributed by atoms with Gasteiger partial charge in [-0.3, -0.25) is 9.59 Å². The molecule has 0 radical (unpaired) electrons. The van der Waals surface area contributed by atoms with Crippen molar-refractivity contribution in [3.63, 3.8) is 0 Å². The molecular formula is C13H12FNO3. The van der Waals surface area contributed by atoms with E-state index in [0.717, 1.165) is 4.90 Å². The molecule has 0 saturated heterocycles. The molecule has 0 heterocycles. The molecule has 0 unspecified atom stereocenters. The molecule has 0 atom stereocenters. The van der Waals surface area contributed by atoms with Crippen molar-refractivity contribution in [2.75, 3.05) is 13.1 Å². The maximum absolute atomic E-state index is 12.7. The fraction of sp³-hybridized carbons (Fsp3) is 0.231. The molecule has 4 nitrogen and oxygen atoms in total. The number of rotatable bonds is 5. The van der Waals surface area contributed by atoms with Crippen molar-refractivity contribution >= 4 is 11.9 Å². The van der Waals surface area contributed by atoms with E-state index in [1.54, 1.807) is 0 Å². The van der Waals surface area contributed by atoms with Gasteiger partial charge in [0.1, 0.15) is 12.4 Å². The van der Waals surface area contributed by atoms with Crippen LogP contribution < -0.4 is 0 Å². The average Bonchev–Trinajstić information content (AvgIpc) is 2.31. The third kappa shape index (κ3) is 4.26. The Morgan fingerprint density at radius 2 is 1.94 bits per heavy atom. The second kappa shape index (κ2) is 6.40. The Hall–Kier alpha value is -2.35. The summed E-state index contributed by atoms with van der Waals surface area (Å²) in [5.74, 6) is 0.311. The molecule has 0 aliphatic rings. The molecule has 0 aliphatic heterocycles. The molecule has 1 rings (SSSR count). The fourth-order valence-corrected chi connectivity index (χ4v) is 1.39. The summed E-state index contributed by atoms with van der Waals surface area (Å²) in [4.78, 5) is 23.4. The first kappa shape index (κ1) is 13.7. The largest absolute Gasteiger partial charge is 0.480 e. The maximum Gasteiger partial charge on any atom is 0.323 e. The van der Waals surface area contributed by atoms with Crippen LogP contribution in [0.25, 0.3) is 0 Å². The van der Waals surface area contributed by atoms with Crippen LogP contribution in [0.3, 0.4) is 0 Å². The van der Waals surface area contributed by atoms with E-state index in [9.17, 15) is 14.0 Å². The Morgan fingerprint density at radius 3 is 2.44 bits per heavy atom. The molecule has 0 spiro atoms. The average molecular weight is 249 g/mol. The van der Waals surface area contributed by atoms with Crippen LogP contribution in [0.4, 0.5) is 4.39 Å². The van der Waals surface area contributed by atoms with Crippen LogP contribution in [-0.2, 0) is 16.0 Å². The second-order valence-electron chi connectivity index (χ2n) is 3.65. The number of aliphatic carboxylic acids is 1. The van der Waals surface area contributed by atoms with E-state index in [-0.39, 0.29) is 13.0 Å². The molecule has 5 heteroatoms. The van der Waals surface area contributed by atoms with E-state index in [4.69, 9.17) is 11.5 Å². The first-order chi connectivity index (χ1) is 8.52. The predicted octanol–water partition coefficient (Wildman–Crippen LogP) is 0.915. The van der Waals surface area contributed by atoms with Gasteiger partial charge < -0.3 is 10.0 Å². The van der Waals surface area contributed by atoms with Gasteiger partial charge in [-0.1, -0.05) is 18.1 Å². The summed E-state index contributed by atoms with van der Waals surface area (Å²) in [5, 5.41) is 8.65. The zero-order chi connectivity index (χ0) is 13.5. The van der Waals surface area contributed by atoms with Crippen molar-refractivity contribution in [3.8, 4) is 12.3 Å². The van der Waals surface area contributed by atoms with Crippen LogP contribution in [-0.4, -0.2) is 35.0 Å². The molecule has 0 saturated carbocycles. The number of terminal acetylenes is 1. The zero-order valence-electron chi connectivity index (χ0n) is 9.60. The van der Waals surface area contributed by atoms with Crippen LogP contribution >= 0.6 is 0 Å². The third-order valence-electron chi connectivity index (χ3n) is 2.23. The Labute approximate surface area is 104 Å². The summed E-state index contributed by atoms with van der Waals surface area (Å²) in [6, 6.07) is 5.43. The lowest BCUT2D eigenvalue weighted by Gasteiger charge is -2.17. The third-order valence-corrected chi connectivity index (χ3v) is 2.23. The maximum atomic E-state index is 12.7. The van der Waals surface area contributed by atoms with Gasteiger partial charge in [-0.25, -0.2) is 4.39 Å². The van der Waals surface area contributed by atoms with Crippen molar-refractivity contribution in [1.82, 2.24) is 4.90 Å². The lowest BCUT2D eigenvalue weighted by molar-refractivity contribution is -0.143. The van der Waals surface area contributed by atoms with Crippen LogP contribution in [0.1, 0.15) is 5.56 Å². The van der Waals surface area contributed by atoms with Crippen molar-refractivity contribution in [2.24, 2.45) is 0 Å². The minimum absolute atomic E-state index is 0.00472. The van der Waals surface area contributed by atoms with Gasteiger partial charge in [-0.05, 0) is 17.7 Å². The minimum Gasteiger partial charge on any atom is -0.480 e. The molecule has 1 aromatic carbocycles. The van der Waals surface area contributed by atoms with E-state index in [0.29, 0.717) is 5.56 Å². The highest BCUT2D eigenvalue weighted by atomic mass is 19.1. The van der Waals surface area contributed by atoms with Gasteiger partial charge in [0.05, 0.1) is 13.0 Å². The Morgan fingerprint density at radius 1 is 1.33 bits per heavy atom. The predicted molar refractivity (Wildman–Crippen MR) is 63.2 cm³/mol. The highest BCUT2D eigenvalue weighted by molar-refractivity contribution is 5.83. The smallest absolute Gasteiger partial charge is 0.323 e. The number of hydrogen-bond donors (Lipinski definition) is 1. The number of carboxylic acids is 1. The fourth-order valence-electron chi connectivity index (χ4n) is 1.39. The molecule has 0 fully saturated rings. The lowest BCUT2D eigenvalue weighted by Crippen LogP contribution is -2.36. The number of nitrogens with zero attached hydrogens (tertiary/aromatic N) is 1. The van der Waals surface area contributed by atoms with Gasteiger partial charge >= 0.3 is 5.97 Å². The molecule has 94 valence electrons. The molecule has 1 N–H and O–H groups in total. The van der Waals surface area contributed by atoms with Crippen LogP contribution in [0.2, 0.25) is 0 Å². The lowest BCUT2D eigenvalue weighted by atomic mass is 10.1. The first-order valence-electron chi connectivity index (χ1n) is 5.20. The van der Waals surface area contributed by atoms with Crippen LogP contribution in [0.15, 0.2) is 24.3 Å². The molecule has 18 heavy (non-hydrogen) atoms. The highest BCUT2D eigenvalue weighted by Gasteiger charge is 2.15. The van der Waals surface area contributed by atoms with Gasteiger partial charge in [0.2, 0.25) is 5.91 Å². The summed E-state index contributed by atoms with van der Waals surface area (Å²) in [6.45, 7) is -0.503. The molecular weight excluding hydrogens is 237 g/mol. The molecule has 0 aliphatic carbocycles. The van der Waals surface area contributed by atoms with Crippen molar-refractivity contribution in [1.29, 1.82) is 0 Å². The van der Waals surface area contributed by atoms with E-state index >= 15 is 0 Å². The topological polar surface area (TPSA) is 57.6 Å². The summed E-state index contributed by atoms with van der Waals surface area (Å²) in [5.41, 5.74) is 0.605. The van der Waals surface area contributed by atoms with Crippen LogP contribution in [0, 0.1) is 18.2 Å². The second-order valence-corrected chi connectivity index (χ2v) is 3.65. The molecule has 1 amide bonds. The van der Waals surface area contributed by atoms with Crippen molar-refractivity contribution < 1.29 is 19.1 Å². The van der Waals surface area contributed by atoms with Gasteiger partial charge in [-0.15, -0.1) is 6.42 Å². The number of halogens is 1. The summed E-state index contributed by atoms with van der Waals surface area (Å²) in [7, 11) is 0. The number of carboxylic acid groups (broad SMARTS) is 1. The number of carbonyl (C=O) groups excluding carboxylic acids is 1. The summed E-state index contributed by atoms with van der Waals surface area (Å²) < 4.78 is 12.7. The Balaban J connectivity index is 2.69. The van der Waals surface area contributed by atoms with Gasteiger partial charge in [0.15, 0.2) is 0 Å². The minimum atomic E-state index is -1.13. The normalized spacial score (nSPS) is 9.56. The van der Waals surface area contributed by atoms with Crippen molar-refractivity contribution in [2.45, 2.75) is 6.42 Å². The van der Waals surface area contributed by atoms with Gasteiger partial charge in [0, 0.05) is 0 Å². The van der Waals surface area contributed by atoms with E-state index < -0.39 is 24.2 Å². The number of carbonyl (C=O) groups is 2. The Kier molecular flexibility index (Phi) is 4.88. The molecule has 0 aromatic heterocycles. The van der Waals surface area contributed by atoms with E-state index in [1.165, 1.54) is 24.3 Å². The number of hydrogen-bond acceptors (Lipinski definition) is 2. The van der Waals surface area contributed by atoms with Gasteiger partial charge in [0.25, 0.3) is 0 Å². The molecule has 1 aromatic rings. The van der Waals surface area contributed by atoms with Crippen LogP contribution in [0.5, 0.6) is 0 Å². The summed E-state index contributed by atoms with van der Waals surface area (Å²) in [6.07, 6.45) is 5.07. The monoisotopic (exact) mass is 249 g/mol. The standard InChI is InChI=1S/C13H12FNO3/c1-2-7-15(9-13(17)18)12(16)8-10-3-5-11(14)6-4-10/h1,3-6H,7-9H2,(H,17,18). The number of benzene rings is 1. The number of amides is 1. The highest BCUT2D eigenvalue weighted by Crippen LogP contribution is 2.05. The van der Waals surface area contributed by atoms with Gasteiger partial charge in [-0.2, -0.15) is 0 Å².